The number of aliphatic hydroxyl groups is 2. The number of carbonyl (C=O) groups is 2. The number of amides is 2. The summed E-state index contributed by atoms with van der Waals surface area (Å²) in [4.78, 5) is 38.6. The number of aliphatic hydroxyl groups excluding tert-OH is 2. The fraction of sp³-hybridized carbons (Fsp3) is 0.609. The lowest BCUT2D eigenvalue weighted by Gasteiger charge is -2.18. The maximum atomic E-state index is 12.4. The van der Waals surface area contributed by atoms with Gasteiger partial charge in [0.25, 0.3) is 5.91 Å². The second kappa shape index (κ2) is 11.7. The van der Waals surface area contributed by atoms with Crippen molar-refractivity contribution in [3.8, 4) is 11.8 Å². The minimum Gasteiger partial charge on any atom is -0.453 e. The quantitative estimate of drug-likeness (QED) is 0.240. The minimum atomic E-state index is -1.44. The number of nitrogen functional groups attached to an aromatic ring is 1. The molecule has 2 unspecified atom stereocenters. The minimum absolute atomic E-state index is 0.0469. The summed E-state index contributed by atoms with van der Waals surface area (Å²) >= 11 is 0. The highest BCUT2D eigenvalue weighted by molar-refractivity contribution is 5.83. The Morgan fingerprint density at radius 3 is 2.81 bits per heavy atom. The molecule has 2 aliphatic rings. The first-order valence-electron chi connectivity index (χ1n) is 12.1. The van der Waals surface area contributed by atoms with Crippen molar-refractivity contribution in [1.29, 1.82) is 0 Å². The van der Waals surface area contributed by atoms with Gasteiger partial charge in [0.15, 0.2) is 23.8 Å². The number of fused-ring (bicyclic) bond motifs is 1. The molecular formula is C23H31N7O7. The molecule has 3 heterocycles. The number of nitrogens with one attached hydrogen (secondary N) is 1. The Bertz CT molecular complexity index is 1190. The molecule has 4 rings (SSSR count). The first-order valence-corrected chi connectivity index (χ1v) is 12.1. The number of nitrogens with two attached hydrogens (primary N) is 1. The van der Waals surface area contributed by atoms with Crippen LogP contribution in [0.5, 0.6) is 0 Å². The van der Waals surface area contributed by atoms with E-state index in [1.54, 1.807) is 0 Å². The summed E-state index contributed by atoms with van der Waals surface area (Å²) in [5.74, 6) is 5.24. The van der Waals surface area contributed by atoms with Gasteiger partial charge in [0.2, 0.25) is 5.82 Å². The van der Waals surface area contributed by atoms with Gasteiger partial charge in [0, 0.05) is 25.8 Å². The largest absolute Gasteiger partial charge is 0.453 e. The molecule has 0 bridgehead atoms. The van der Waals surface area contributed by atoms with Crippen LogP contribution in [-0.2, 0) is 19.0 Å². The zero-order valence-corrected chi connectivity index (χ0v) is 20.7. The van der Waals surface area contributed by atoms with E-state index in [2.05, 4.69) is 32.1 Å². The van der Waals surface area contributed by atoms with Crippen molar-refractivity contribution in [3.63, 3.8) is 0 Å². The molecule has 5 N–H and O–H groups in total. The van der Waals surface area contributed by atoms with Crippen LogP contribution in [0.4, 0.5) is 10.6 Å². The van der Waals surface area contributed by atoms with E-state index in [1.807, 2.05) is 6.92 Å². The lowest BCUT2D eigenvalue weighted by molar-refractivity contribution is -0.137. The van der Waals surface area contributed by atoms with E-state index < -0.39 is 36.5 Å². The van der Waals surface area contributed by atoms with Gasteiger partial charge in [-0.25, -0.2) is 19.7 Å². The Kier molecular flexibility index (Phi) is 8.39. The number of aromatic nitrogens is 4. The average Bonchev–Trinajstić information content (AvgIpc) is 3.52. The van der Waals surface area contributed by atoms with Crippen LogP contribution in [0.25, 0.3) is 11.2 Å². The van der Waals surface area contributed by atoms with Gasteiger partial charge in [-0.05, 0) is 32.1 Å². The normalized spacial score (nSPS) is 22.9. The standard InChI is InChI=1S/C23H31N7O7/c1-3-36-11-5-10-29(23(34)35-2)9-4-6-14-27-19(24)15-20(28-14)30(12-25-15)22-17(32)16(31)18(37-22)21(33)26-13-7-8-13/h12-13,16-18,22,31-32H,3,5,7-11H2,1-2H3,(H,26,33)(H2,24,27,28)/t16?,17?,18-,22+/m0/s1. The Hall–Kier alpha value is -3.51. The van der Waals surface area contributed by atoms with Gasteiger partial charge in [-0.3, -0.25) is 14.3 Å². The molecule has 200 valence electrons. The van der Waals surface area contributed by atoms with E-state index in [1.165, 1.54) is 22.9 Å². The summed E-state index contributed by atoms with van der Waals surface area (Å²) < 4.78 is 17.2. The molecule has 37 heavy (non-hydrogen) atoms. The topological polar surface area (TPSA) is 187 Å². The number of carbonyl (C=O) groups excluding carboxylic acids is 2. The molecular weight excluding hydrogens is 486 g/mol. The molecule has 0 radical (unpaired) electrons. The number of hydrogen-bond donors (Lipinski definition) is 4. The summed E-state index contributed by atoms with van der Waals surface area (Å²) in [7, 11) is 1.29. The first-order chi connectivity index (χ1) is 17.8. The first kappa shape index (κ1) is 26.6. The summed E-state index contributed by atoms with van der Waals surface area (Å²) in [5, 5.41) is 23.8. The third kappa shape index (κ3) is 6.08. The molecule has 0 spiro atoms. The Morgan fingerprint density at radius 2 is 2.11 bits per heavy atom. The van der Waals surface area contributed by atoms with E-state index in [4.69, 9.17) is 19.9 Å². The molecule has 14 heteroatoms. The van der Waals surface area contributed by atoms with Crippen LogP contribution in [-0.4, -0.2) is 104 Å². The number of ether oxygens (including phenoxy) is 3. The smallest absolute Gasteiger partial charge is 0.410 e. The van der Waals surface area contributed by atoms with Crippen molar-refractivity contribution < 1.29 is 34.0 Å². The lowest BCUT2D eigenvalue weighted by atomic mass is 10.1. The van der Waals surface area contributed by atoms with Gasteiger partial charge < -0.3 is 35.5 Å². The van der Waals surface area contributed by atoms with Crippen LogP contribution in [0, 0.1) is 11.8 Å². The molecule has 1 saturated heterocycles. The van der Waals surface area contributed by atoms with Gasteiger partial charge >= 0.3 is 6.09 Å². The third-order valence-electron chi connectivity index (χ3n) is 5.97. The van der Waals surface area contributed by atoms with Crippen molar-refractivity contribution in [2.45, 2.75) is 56.8 Å². The number of anilines is 1. The maximum Gasteiger partial charge on any atom is 0.410 e. The molecule has 2 aromatic heterocycles. The van der Waals surface area contributed by atoms with Crippen molar-refractivity contribution in [2.24, 2.45) is 0 Å². The summed E-state index contributed by atoms with van der Waals surface area (Å²) in [6.07, 6.45) is -2.05. The Morgan fingerprint density at radius 1 is 1.32 bits per heavy atom. The third-order valence-corrected chi connectivity index (χ3v) is 5.97. The second-order valence-corrected chi connectivity index (χ2v) is 8.71. The Labute approximate surface area is 213 Å². The van der Waals surface area contributed by atoms with Crippen molar-refractivity contribution in [3.05, 3.63) is 12.2 Å². The SMILES string of the molecule is CCOCCCN(CC#Cc1nc(N)c2ncn([C@@H]3O[C@H](C(=O)NC4CC4)C(O)C3O)c2n1)C(=O)OC. The van der Waals surface area contributed by atoms with Crippen LogP contribution in [0.1, 0.15) is 38.2 Å². The van der Waals surface area contributed by atoms with Crippen molar-refractivity contribution in [1.82, 2.24) is 29.7 Å². The fourth-order valence-corrected chi connectivity index (χ4v) is 3.88. The molecule has 1 aliphatic carbocycles. The van der Waals surface area contributed by atoms with Gasteiger partial charge in [0.1, 0.15) is 17.7 Å². The van der Waals surface area contributed by atoms with Gasteiger partial charge in [-0.2, -0.15) is 0 Å². The molecule has 2 amide bonds. The number of rotatable bonds is 9. The van der Waals surface area contributed by atoms with E-state index in [-0.39, 0.29) is 35.4 Å². The van der Waals surface area contributed by atoms with Crippen LogP contribution in [0.3, 0.4) is 0 Å². The lowest BCUT2D eigenvalue weighted by Crippen LogP contribution is -2.43. The number of hydrogen-bond acceptors (Lipinski definition) is 11. The molecule has 4 atom stereocenters. The molecule has 1 saturated carbocycles. The van der Waals surface area contributed by atoms with E-state index >= 15 is 0 Å². The average molecular weight is 518 g/mol. The van der Waals surface area contributed by atoms with Crippen LogP contribution in [0.2, 0.25) is 0 Å². The van der Waals surface area contributed by atoms with E-state index in [0.717, 1.165) is 12.8 Å². The van der Waals surface area contributed by atoms with Crippen molar-refractivity contribution >= 4 is 29.0 Å². The van der Waals surface area contributed by atoms with Crippen molar-refractivity contribution in [2.75, 3.05) is 39.1 Å². The van der Waals surface area contributed by atoms with Crippen LogP contribution >= 0.6 is 0 Å². The molecule has 0 aromatic carbocycles. The molecule has 2 aromatic rings. The monoisotopic (exact) mass is 517 g/mol. The fourth-order valence-electron chi connectivity index (χ4n) is 3.88. The van der Waals surface area contributed by atoms with Gasteiger partial charge in [-0.15, -0.1) is 0 Å². The molecule has 1 aliphatic heterocycles. The van der Waals surface area contributed by atoms with E-state index in [0.29, 0.717) is 26.2 Å². The second-order valence-electron chi connectivity index (χ2n) is 8.71. The van der Waals surface area contributed by atoms with E-state index in [9.17, 15) is 19.8 Å². The highest BCUT2D eigenvalue weighted by Gasteiger charge is 2.48. The zero-order chi connectivity index (χ0) is 26.5. The Balaban J connectivity index is 1.51. The molecule has 2 fully saturated rings. The summed E-state index contributed by atoms with van der Waals surface area (Å²) in [5.41, 5.74) is 6.50. The summed E-state index contributed by atoms with van der Waals surface area (Å²) in [6, 6.07) is 0.0713. The molecule has 14 nitrogen and oxygen atoms in total. The van der Waals surface area contributed by atoms with Crippen LogP contribution in [0.15, 0.2) is 6.33 Å². The summed E-state index contributed by atoms with van der Waals surface area (Å²) in [6.45, 7) is 3.44. The van der Waals surface area contributed by atoms with Crippen LogP contribution < -0.4 is 11.1 Å². The highest BCUT2D eigenvalue weighted by atomic mass is 16.6. The number of imidazole rings is 1. The number of nitrogens with zero attached hydrogens (tertiary/aromatic N) is 5. The predicted octanol–water partition coefficient (Wildman–Crippen LogP) is -0.847. The van der Waals surface area contributed by atoms with Gasteiger partial charge in [-0.1, -0.05) is 5.92 Å². The predicted molar refractivity (Wildman–Crippen MR) is 129 cm³/mol. The maximum absolute atomic E-state index is 12.4. The van der Waals surface area contributed by atoms with Gasteiger partial charge in [0.05, 0.1) is 20.0 Å². The zero-order valence-electron chi connectivity index (χ0n) is 20.7. The number of methoxy groups -OCH3 is 1. The highest BCUT2D eigenvalue weighted by Crippen LogP contribution is 2.33.